The van der Waals surface area contributed by atoms with Gasteiger partial charge in [0.2, 0.25) is 0 Å². The van der Waals surface area contributed by atoms with Crippen LogP contribution < -0.4 is 11.1 Å². The van der Waals surface area contributed by atoms with Crippen molar-refractivity contribution >= 4 is 44.8 Å². The Kier molecular flexibility index (Phi) is 4.17. The summed E-state index contributed by atoms with van der Waals surface area (Å²) in [6.07, 6.45) is 1.73. The molecule has 100 valence electrons. The molecule has 0 spiro atoms. The van der Waals surface area contributed by atoms with Crippen LogP contribution in [0.1, 0.15) is 17.4 Å². The average molecular weight is 343 g/mol. The number of benzene rings is 1. The Bertz CT molecular complexity index is 624. The number of carbonyl (C=O) groups excluding carboxylic acids is 1. The molecule has 0 aliphatic rings. The van der Waals surface area contributed by atoms with Crippen molar-refractivity contribution < 1.29 is 4.79 Å². The lowest BCUT2D eigenvalue weighted by Crippen LogP contribution is -2.16. The van der Waals surface area contributed by atoms with Gasteiger partial charge in [0, 0.05) is 17.2 Å². The third-order valence-electron chi connectivity index (χ3n) is 2.67. The van der Waals surface area contributed by atoms with E-state index in [-0.39, 0.29) is 5.91 Å². The molecule has 2 aromatic rings. The number of rotatable bonds is 3. The van der Waals surface area contributed by atoms with Crippen LogP contribution in [-0.2, 0) is 6.54 Å². The molecule has 0 saturated heterocycles. The van der Waals surface area contributed by atoms with Gasteiger partial charge in [0.1, 0.15) is 5.69 Å². The van der Waals surface area contributed by atoms with Crippen LogP contribution in [0.15, 0.2) is 34.9 Å². The Morgan fingerprint density at radius 3 is 2.84 bits per heavy atom. The predicted octanol–water partition coefficient (Wildman–Crippen LogP) is 3.76. The van der Waals surface area contributed by atoms with Crippen LogP contribution in [0.5, 0.6) is 0 Å². The van der Waals surface area contributed by atoms with E-state index < -0.39 is 0 Å². The van der Waals surface area contributed by atoms with Crippen LogP contribution in [-0.4, -0.2) is 10.5 Å². The van der Waals surface area contributed by atoms with Crippen LogP contribution in [0.2, 0.25) is 5.02 Å². The number of aryl methyl sites for hydroxylation is 1. The number of nitrogen functional groups attached to an aromatic ring is 1. The maximum Gasteiger partial charge on any atom is 0.272 e. The molecule has 1 heterocycles. The molecular weight excluding hydrogens is 330 g/mol. The first-order valence-corrected chi connectivity index (χ1v) is 6.90. The lowest BCUT2D eigenvalue weighted by molar-refractivity contribution is 0.101. The molecule has 1 aromatic carbocycles. The fourth-order valence-electron chi connectivity index (χ4n) is 1.76. The molecule has 0 fully saturated rings. The van der Waals surface area contributed by atoms with Crippen molar-refractivity contribution in [3.05, 3.63) is 45.7 Å². The number of aromatic nitrogens is 1. The molecular formula is C13H13BrClN3O. The molecule has 4 nitrogen and oxygen atoms in total. The highest BCUT2D eigenvalue weighted by Crippen LogP contribution is 2.26. The third-order valence-corrected chi connectivity index (χ3v) is 3.48. The summed E-state index contributed by atoms with van der Waals surface area (Å²) in [5.41, 5.74) is 7.35. The molecule has 3 N–H and O–H groups in total. The summed E-state index contributed by atoms with van der Waals surface area (Å²) in [6.45, 7) is 2.62. The first kappa shape index (κ1) is 14.0. The lowest BCUT2D eigenvalue weighted by Gasteiger charge is -2.09. The molecule has 0 atom stereocenters. The van der Waals surface area contributed by atoms with Crippen molar-refractivity contribution in [2.45, 2.75) is 13.5 Å². The Hall–Kier alpha value is -1.46. The standard InChI is InChI=1S/C13H13BrClN3O/c1-2-18-7-9(16)6-12(18)13(19)17-11-4-3-8(14)5-10(11)15/h3-7H,2,16H2,1H3,(H,17,19). The number of nitrogens with two attached hydrogens (primary N) is 1. The van der Waals surface area contributed by atoms with E-state index in [1.165, 1.54) is 0 Å². The Labute approximate surface area is 124 Å². The van der Waals surface area contributed by atoms with Gasteiger partial charge >= 0.3 is 0 Å². The average Bonchev–Trinajstić information content (AvgIpc) is 2.74. The molecule has 19 heavy (non-hydrogen) atoms. The molecule has 0 unspecified atom stereocenters. The third kappa shape index (κ3) is 3.11. The number of anilines is 2. The highest BCUT2D eigenvalue weighted by Gasteiger charge is 2.13. The number of amides is 1. The summed E-state index contributed by atoms with van der Waals surface area (Å²) in [7, 11) is 0. The second-order valence-electron chi connectivity index (χ2n) is 4.02. The molecule has 2 rings (SSSR count). The smallest absolute Gasteiger partial charge is 0.272 e. The number of nitrogens with one attached hydrogen (secondary N) is 1. The second kappa shape index (κ2) is 5.67. The van der Waals surface area contributed by atoms with Crippen LogP contribution in [0.25, 0.3) is 0 Å². The zero-order valence-electron chi connectivity index (χ0n) is 10.3. The topological polar surface area (TPSA) is 60.0 Å². The highest BCUT2D eigenvalue weighted by molar-refractivity contribution is 9.10. The van der Waals surface area contributed by atoms with Crippen LogP contribution in [0, 0.1) is 0 Å². The zero-order chi connectivity index (χ0) is 14.0. The van der Waals surface area contributed by atoms with Crippen LogP contribution >= 0.6 is 27.5 Å². The van der Waals surface area contributed by atoms with E-state index in [1.54, 1.807) is 29.0 Å². The maximum atomic E-state index is 12.2. The number of hydrogen-bond donors (Lipinski definition) is 2. The van der Waals surface area contributed by atoms with E-state index in [2.05, 4.69) is 21.2 Å². The molecule has 0 bridgehead atoms. The minimum Gasteiger partial charge on any atom is -0.397 e. The van der Waals surface area contributed by atoms with Gasteiger partial charge in [0.05, 0.1) is 16.4 Å². The fraction of sp³-hybridized carbons (Fsp3) is 0.154. The van der Waals surface area contributed by atoms with E-state index in [0.717, 1.165) is 4.47 Å². The molecule has 1 amide bonds. The van der Waals surface area contributed by atoms with Crippen molar-refractivity contribution in [1.82, 2.24) is 4.57 Å². The summed E-state index contributed by atoms with van der Waals surface area (Å²) in [5, 5.41) is 3.25. The van der Waals surface area contributed by atoms with Crippen molar-refractivity contribution in [3.8, 4) is 0 Å². The van der Waals surface area contributed by atoms with Gasteiger partial charge in [0.15, 0.2) is 0 Å². The Morgan fingerprint density at radius 1 is 1.47 bits per heavy atom. The minimum absolute atomic E-state index is 0.234. The minimum atomic E-state index is -0.234. The second-order valence-corrected chi connectivity index (χ2v) is 5.35. The van der Waals surface area contributed by atoms with Gasteiger partial charge in [-0.15, -0.1) is 0 Å². The van der Waals surface area contributed by atoms with Gasteiger partial charge in [-0.2, -0.15) is 0 Å². The lowest BCUT2D eigenvalue weighted by atomic mass is 10.3. The Morgan fingerprint density at radius 2 is 2.21 bits per heavy atom. The SMILES string of the molecule is CCn1cc(N)cc1C(=O)Nc1ccc(Br)cc1Cl. The quantitative estimate of drug-likeness (QED) is 0.892. The number of nitrogens with zero attached hydrogens (tertiary/aromatic N) is 1. The van der Waals surface area contributed by atoms with Gasteiger partial charge in [-0.3, -0.25) is 4.79 Å². The van der Waals surface area contributed by atoms with Crippen molar-refractivity contribution in [3.63, 3.8) is 0 Å². The van der Waals surface area contributed by atoms with Crippen molar-refractivity contribution in [2.75, 3.05) is 11.1 Å². The highest BCUT2D eigenvalue weighted by atomic mass is 79.9. The van der Waals surface area contributed by atoms with Gasteiger partial charge in [-0.1, -0.05) is 27.5 Å². The molecule has 0 saturated carbocycles. The first-order valence-electron chi connectivity index (χ1n) is 5.73. The van der Waals surface area contributed by atoms with E-state index in [0.29, 0.717) is 28.6 Å². The van der Waals surface area contributed by atoms with E-state index in [1.807, 2.05) is 13.0 Å². The van der Waals surface area contributed by atoms with Crippen LogP contribution in [0.4, 0.5) is 11.4 Å². The fourth-order valence-corrected chi connectivity index (χ4v) is 2.48. The van der Waals surface area contributed by atoms with Crippen LogP contribution in [0.3, 0.4) is 0 Å². The van der Waals surface area contributed by atoms with Crippen molar-refractivity contribution in [1.29, 1.82) is 0 Å². The van der Waals surface area contributed by atoms with E-state index in [9.17, 15) is 4.79 Å². The molecule has 6 heteroatoms. The summed E-state index contributed by atoms with van der Waals surface area (Å²) in [4.78, 5) is 12.2. The van der Waals surface area contributed by atoms with Gasteiger partial charge in [-0.25, -0.2) is 0 Å². The van der Waals surface area contributed by atoms with Crippen molar-refractivity contribution in [2.24, 2.45) is 0 Å². The molecule has 0 aliphatic heterocycles. The van der Waals surface area contributed by atoms with Gasteiger partial charge < -0.3 is 15.6 Å². The monoisotopic (exact) mass is 341 g/mol. The summed E-state index contributed by atoms with van der Waals surface area (Å²) in [5.74, 6) is -0.234. The number of hydrogen-bond acceptors (Lipinski definition) is 2. The summed E-state index contributed by atoms with van der Waals surface area (Å²) < 4.78 is 2.65. The number of halogens is 2. The predicted molar refractivity (Wildman–Crippen MR) is 81.6 cm³/mol. The summed E-state index contributed by atoms with van der Waals surface area (Å²) in [6, 6.07) is 6.93. The van der Waals surface area contributed by atoms with Gasteiger partial charge in [0.25, 0.3) is 5.91 Å². The molecule has 0 radical (unpaired) electrons. The number of carbonyl (C=O) groups is 1. The molecule has 0 aliphatic carbocycles. The largest absolute Gasteiger partial charge is 0.397 e. The summed E-state index contributed by atoms with van der Waals surface area (Å²) >= 11 is 9.38. The van der Waals surface area contributed by atoms with E-state index >= 15 is 0 Å². The molecule has 1 aromatic heterocycles. The first-order chi connectivity index (χ1) is 9.01. The van der Waals surface area contributed by atoms with Gasteiger partial charge in [-0.05, 0) is 31.2 Å². The zero-order valence-corrected chi connectivity index (χ0v) is 12.6. The maximum absolute atomic E-state index is 12.2. The normalized spacial score (nSPS) is 10.5. The Balaban J connectivity index is 2.25. The van der Waals surface area contributed by atoms with E-state index in [4.69, 9.17) is 17.3 Å².